The maximum Gasteiger partial charge on any atom is 0.178 e. The first-order valence-corrected chi connectivity index (χ1v) is 5.85. The van der Waals surface area contributed by atoms with E-state index in [4.69, 9.17) is 0 Å². The third-order valence-corrected chi connectivity index (χ3v) is 3.08. The van der Waals surface area contributed by atoms with Crippen molar-refractivity contribution in [2.24, 2.45) is 7.05 Å². The van der Waals surface area contributed by atoms with E-state index in [9.17, 15) is 4.79 Å². The number of aryl methyl sites for hydroxylation is 1. The Morgan fingerprint density at radius 2 is 2.25 bits per heavy atom. The van der Waals surface area contributed by atoms with Gasteiger partial charge in [0.25, 0.3) is 0 Å². The molecule has 0 radical (unpaired) electrons. The lowest BCUT2D eigenvalue weighted by atomic mass is 10.1. The highest BCUT2D eigenvalue weighted by Crippen LogP contribution is 2.24. The summed E-state index contributed by atoms with van der Waals surface area (Å²) in [5, 5.41) is 3.89. The van der Waals surface area contributed by atoms with Crippen molar-refractivity contribution in [2.45, 2.75) is 0 Å². The second-order valence-corrected chi connectivity index (χ2v) is 4.68. The predicted octanol–water partition coefficient (Wildman–Crippen LogP) is 2.34. The molecule has 0 bridgehead atoms. The molecule has 84 valence electrons. The van der Waals surface area contributed by atoms with Crippen LogP contribution in [0, 0.1) is 0 Å². The number of fused-ring (bicyclic) bond motifs is 1. The maximum atomic E-state index is 11.9. The van der Waals surface area contributed by atoms with Gasteiger partial charge in [-0.05, 0) is 19.2 Å². The first kappa shape index (κ1) is 11.4. The Bertz CT molecular complexity index is 545. The molecule has 0 aliphatic rings. The zero-order valence-corrected chi connectivity index (χ0v) is 10.8. The van der Waals surface area contributed by atoms with E-state index in [0.717, 1.165) is 20.9 Å². The molecule has 1 aromatic heterocycles. The van der Waals surface area contributed by atoms with Crippen molar-refractivity contribution in [1.82, 2.24) is 9.88 Å². The first-order valence-electron chi connectivity index (χ1n) is 5.06. The number of hydrogen-bond donors (Lipinski definition) is 1. The summed E-state index contributed by atoms with van der Waals surface area (Å²) in [4.78, 5) is 11.9. The molecule has 0 saturated heterocycles. The van der Waals surface area contributed by atoms with E-state index >= 15 is 0 Å². The third-order valence-electron chi connectivity index (χ3n) is 2.59. The van der Waals surface area contributed by atoms with E-state index in [-0.39, 0.29) is 5.78 Å². The standard InChI is InChI=1S/C12H13BrN2O/c1-14-6-12(16)10-7-15(2)11-5-8(13)3-4-9(10)11/h3-5,7,14H,6H2,1-2H3. The highest BCUT2D eigenvalue weighted by atomic mass is 79.9. The molecule has 0 unspecified atom stereocenters. The normalized spacial score (nSPS) is 10.9. The third kappa shape index (κ3) is 1.90. The first-order chi connectivity index (χ1) is 7.63. The highest BCUT2D eigenvalue weighted by molar-refractivity contribution is 9.10. The SMILES string of the molecule is CNCC(=O)c1cn(C)c2cc(Br)ccc12. The average molecular weight is 281 g/mol. The number of benzene rings is 1. The van der Waals surface area contributed by atoms with Crippen molar-refractivity contribution in [1.29, 1.82) is 0 Å². The van der Waals surface area contributed by atoms with Crippen LogP contribution in [0.15, 0.2) is 28.9 Å². The summed E-state index contributed by atoms with van der Waals surface area (Å²) in [6, 6.07) is 5.95. The number of Topliss-reactive ketones (excluding diaryl/α,β-unsaturated/α-hetero) is 1. The summed E-state index contributed by atoms with van der Waals surface area (Å²) in [6.45, 7) is 0.370. The molecular formula is C12H13BrN2O. The van der Waals surface area contributed by atoms with Crippen LogP contribution in [0.25, 0.3) is 10.9 Å². The lowest BCUT2D eigenvalue weighted by Crippen LogP contribution is -2.18. The van der Waals surface area contributed by atoms with E-state index < -0.39 is 0 Å². The van der Waals surface area contributed by atoms with Crippen LogP contribution < -0.4 is 5.32 Å². The van der Waals surface area contributed by atoms with Gasteiger partial charge in [-0.2, -0.15) is 0 Å². The second-order valence-electron chi connectivity index (χ2n) is 3.77. The van der Waals surface area contributed by atoms with Crippen molar-refractivity contribution < 1.29 is 4.79 Å². The molecular weight excluding hydrogens is 268 g/mol. The average Bonchev–Trinajstić information content (AvgIpc) is 2.56. The molecule has 0 aliphatic heterocycles. The van der Waals surface area contributed by atoms with Crippen molar-refractivity contribution in [3.63, 3.8) is 0 Å². The number of nitrogens with zero attached hydrogens (tertiary/aromatic N) is 1. The van der Waals surface area contributed by atoms with Crippen LogP contribution >= 0.6 is 15.9 Å². The lowest BCUT2D eigenvalue weighted by Gasteiger charge is -1.98. The Labute approximate surface area is 103 Å². The van der Waals surface area contributed by atoms with Gasteiger partial charge in [0.05, 0.1) is 6.54 Å². The Balaban J connectivity index is 2.59. The molecule has 0 fully saturated rings. The van der Waals surface area contributed by atoms with Crippen molar-refractivity contribution in [2.75, 3.05) is 13.6 Å². The van der Waals surface area contributed by atoms with Gasteiger partial charge in [-0.15, -0.1) is 0 Å². The Kier molecular flexibility index (Phi) is 3.12. The molecule has 16 heavy (non-hydrogen) atoms. The monoisotopic (exact) mass is 280 g/mol. The smallest absolute Gasteiger partial charge is 0.178 e. The van der Waals surface area contributed by atoms with E-state index in [0.29, 0.717) is 6.54 Å². The van der Waals surface area contributed by atoms with Gasteiger partial charge in [-0.3, -0.25) is 4.79 Å². The van der Waals surface area contributed by atoms with Gasteiger partial charge in [0.1, 0.15) is 0 Å². The number of rotatable bonds is 3. The number of nitrogens with one attached hydrogen (secondary N) is 1. The molecule has 0 amide bonds. The molecule has 4 heteroatoms. The van der Waals surface area contributed by atoms with Crippen LogP contribution in [-0.4, -0.2) is 23.9 Å². The number of carbonyl (C=O) groups is 1. The fourth-order valence-corrected chi connectivity index (χ4v) is 2.18. The molecule has 0 spiro atoms. The highest BCUT2D eigenvalue weighted by Gasteiger charge is 2.12. The van der Waals surface area contributed by atoms with Crippen molar-refractivity contribution in [3.05, 3.63) is 34.4 Å². The Morgan fingerprint density at radius 1 is 1.50 bits per heavy atom. The van der Waals surface area contributed by atoms with Crippen LogP contribution in [0.1, 0.15) is 10.4 Å². The van der Waals surface area contributed by atoms with Gasteiger partial charge < -0.3 is 9.88 Å². The molecule has 1 N–H and O–H groups in total. The molecule has 1 aromatic carbocycles. The van der Waals surface area contributed by atoms with Crippen molar-refractivity contribution in [3.8, 4) is 0 Å². The number of carbonyl (C=O) groups excluding carboxylic acids is 1. The summed E-state index contributed by atoms with van der Waals surface area (Å²) in [7, 11) is 3.73. The summed E-state index contributed by atoms with van der Waals surface area (Å²) in [6.07, 6.45) is 1.89. The van der Waals surface area contributed by atoms with Crippen LogP contribution in [-0.2, 0) is 7.05 Å². The fraction of sp³-hybridized carbons (Fsp3) is 0.250. The molecule has 0 aliphatic carbocycles. The number of likely N-dealkylation sites (N-methyl/N-ethyl adjacent to an activating group) is 1. The number of halogens is 1. The topological polar surface area (TPSA) is 34.0 Å². The largest absolute Gasteiger partial charge is 0.350 e. The molecule has 0 atom stereocenters. The van der Waals surface area contributed by atoms with Crippen molar-refractivity contribution >= 4 is 32.6 Å². The van der Waals surface area contributed by atoms with Crippen LogP contribution in [0.5, 0.6) is 0 Å². The second kappa shape index (κ2) is 4.39. The molecule has 2 rings (SSSR count). The number of aromatic nitrogens is 1. The quantitative estimate of drug-likeness (QED) is 0.876. The van der Waals surface area contributed by atoms with Gasteiger partial charge in [0.2, 0.25) is 0 Å². The molecule has 0 saturated carbocycles. The fourth-order valence-electron chi connectivity index (χ4n) is 1.84. The van der Waals surface area contributed by atoms with Gasteiger partial charge in [0.15, 0.2) is 5.78 Å². The molecule has 2 aromatic rings. The van der Waals surface area contributed by atoms with Gasteiger partial charge in [0, 0.05) is 34.2 Å². The minimum absolute atomic E-state index is 0.121. The van der Waals surface area contributed by atoms with E-state index in [1.807, 2.05) is 36.0 Å². The Hall–Kier alpha value is -1.13. The number of ketones is 1. The lowest BCUT2D eigenvalue weighted by molar-refractivity contribution is 0.0995. The van der Waals surface area contributed by atoms with Crippen LogP contribution in [0.3, 0.4) is 0 Å². The Morgan fingerprint density at radius 3 is 2.94 bits per heavy atom. The molecule has 1 heterocycles. The molecule has 3 nitrogen and oxygen atoms in total. The zero-order chi connectivity index (χ0) is 11.7. The van der Waals surface area contributed by atoms with Crippen LogP contribution in [0.2, 0.25) is 0 Å². The summed E-state index contributed by atoms with van der Waals surface area (Å²) >= 11 is 3.43. The zero-order valence-electron chi connectivity index (χ0n) is 9.25. The van der Waals surface area contributed by atoms with Gasteiger partial charge in [-0.25, -0.2) is 0 Å². The van der Waals surface area contributed by atoms with Gasteiger partial charge in [-0.1, -0.05) is 22.0 Å². The minimum atomic E-state index is 0.121. The van der Waals surface area contributed by atoms with Gasteiger partial charge >= 0.3 is 0 Å². The minimum Gasteiger partial charge on any atom is -0.350 e. The predicted molar refractivity (Wildman–Crippen MR) is 68.9 cm³/mol. The number of hydrogen-bond acceptors (Lipinski definition) is 2. The maximum absolute atomic E-state index is 11.9. The van der Waals surface area contributed by atoms with E-state index in [1.165, 1.54) is 0 Å². The summed E-state index contributed by atoms with van der Waals surface area (Å²) < 4.78 is 3.00. The van der Waals surface area contributed by atoms with E-state index in [2.05, 4.69) is 21.2 Å². The van der Waals surface area contributed by atoms with Crippen LogP contribution in [0.4, 0.5) is 0 Å². The summed E-state index contributed by atoms with van der Waals surface area (Å²) in [5.41, 5.74) is 1.84. The van der Waals surface area contributed by atoms with E-state index in [1.54, 1.807) is 7.05 Å². The summed E-state index contributed by atoms with van der Waals surface area (Å²) in [5.74, 6) is 0.121.